The molecule has 25 heavy (non-hydrogen) atoms. The van der Waals surface area contributed by atoms with Gasteiger partial charge >= 0.3 is 0 Å². The second-order valence-corrected chi connectivity index (χ2v) is 7.73. The highest BCUT2D eigenvalue weighted by Gasteiger charge is 2.26. The third-order valence-corrected chi connectivity index (χ3v) is 5.82. The molecule has 0 spiro atoms. The Hall–Kier alpha value is -1.77. The van der Waals surface area contributed by atoms with Crippen LogP contribution in [0.15, 0.2) is 48.5 Å². The van der Waals surface area contributed by atoms with Crippen LogP contribution < -0.4 is 0 Å². The van der Waals surface area contributed by atoms with Crippen molar-refractivity contribution in [2.45, 2.75) is 45.3 Å². The number of aromatic nitrogens is 1. The average molecular weight is 353 g/mol. The van der Waals surface area contributed by atoms with Crippen molar-refractivity contribution in [1.82, 2.24) is 9.47 Å². The molecule has 0 fully saturated rings. The van der Waals surface area contributed by atoms with Crippen LogP contribution in [0.5, 0.6) is 0 Å². The molecule has 2 heterocycles. The largest absolute Gasteiger partial charge is 0.344 e. The van der Waals surface area contributed by atoms with E-state index in [1.807, 2.05) is 6.07 Å². The molecule has 2 aromatic carbocycles. The van der Waals surface area contributed by atoms with E-state index in [9.17, 15) is 0 Å². The topological polar surface area (TPSA) is 8.17 Å². The number of aryl methyl sites for hydroxylation is 2. The highest BCUT2D eigenvalue weighted by molar-refractivity contribution is 6.31. The number of nitrogens with zero attached hydrogens (tertiary/aromatic N) is 2. The highest BCUT2D eigenvalue weighted by atomic mass is 35.5. The van der Waals surface area contributed by atoms with Gasteiger partial charge in [-0.15, -0.1) is 0 Å². The maximum atomic E-state index is 6.30. The first-order valence-electron chi connectivity index (χ1n) is 9.17. The van der Waals surface area contributed by atoms with Crippen molar-refractivity contribution in [3.63, 3.8) is 0 Å². The smallest absolute Gasteiger partial charge is 0.0486 e. The van der Waals surface area contributed by atoms with E-state index in [0.29, 0.717) is 6.04 Å². The lowest BCUT2D eigenvalue weighted by molar-refractivity contribution is 0.228. The Morgan fingerprint density at radius 2 is 1.92 bits per heavy atom. The van der Waals surface area contributed by atoms with Crippen molar-refractivity contribution in [2.75, 3.05) is 7.05 Å². The standard InChI is InChI=1S/C22H25ClN2/c1-16-13-22-20(15-24(16)2)19-14-18(23)10-11-21(19)25(22)12-6-9-17-7-4-3-5-8-17/h3-5,7-8,10-11,14,16H,6,9,12-13,15H2,1-2H3. The average Bonchev–Trinajstić information content (AvgIpc) is 2.89. The fourth-order valence-electron chi connectivity index (χ4n) is 4.04. The minimum Gasteiger partial charge on any atom is -0.344 e. The molecule has 1 aromatic heterocycles. The van der Waals surface area contributed by atoms with Crippen LogP contribution in [0.2, 0.25) is 5.02 Å². The van der Waals surface area contributed by atoms with E-state index >= 15 is 0 Å². The zero-order valence-corrected chi connectivity index (χ0v) is 15.8. The molecule has 1 aliphatic heterocycles. The quantitative estimate of drug-likeness (QED) is 0.618. The molecule has 2 nitrogen and oxygen atoms in total. The van der Waals surface area contributed by atoms with Gasteiger partial charge in [0.05, 0.1) is 0 Å². The van der Waals surface area contributed by atoms with Gasteiger partial charge in [0.25, 0.3) is 0 Å². The minimum absolute atomic E-state index is 0.583. The molecule has 0 radical (unpaired) electrons. The highest BCUT2D eigenvalue weighted by Crippen LogP contribution is 2.34. The zero-order chi connectivity index (χ0) is 17.4. The van der Waals surface area contributed by atoms with E-state index in [2.05, 4.69) is 65.9 Å². The van der Waals surface area contributed by atoms with E-state index < -0.39 is 0 Å². The van der Waals surface area contributed by atoms with Crippen molar-refractivity contribution in [1.29, 1.82) is 0 Å². The maximum absolute atomic E-state index is 6.30. The van der Waals surface area contributed by atoms with Crippen LogP contribution >= 0.6 is 11.6 Å². The molecular weight excluding hydrogens is 328 g/mol. The number of benzene rings is 2. The Bertz CT molecular complexity index is 882. The first-order chi connectivity index (χ1) is 12.1. The van der Waals surface area contributed by atoms with Crippen molar-refractivity contribution in [3.05, 3.63) is 70.4 Å². The summed E-state index contributed by atoms with van der Waals surface area (Å²) in [6, 6.07) is 17.7. The van der Waals surface area contributed by atoms with Gasteiger partial charge in [0.1, 0.15) is 0 Å². The van der Waals surface area contributed by atoms with Crippen molar-refractivity contribution < 1.29 is 0 Å². The van der Waals surface area contributed by atoms with Crippen LogP contribution in [0.4, 0.5) is 0 Å². The van der Waals surface area contributed by atoms with Crippen LogP contribution in [-0.4, -0.2) is 22.6 Å². The minimum atomic E-state index is 0.583. The normalized spacial score (nSPS) is 17.8. The molecule has 0 saturated carbocycles. The zero-order valence-electron chi connectivity index (χ0n) is 15.0. The summed E-state index contributed by atoms with van der Waals surface area (Å²) < 4.78 is 2.55. The summed E-state index contributed by atoms with van der Waals surface area (Å²) >= 11 is 6.30. The number of hydrogen-bond acceptors (Lipinski definition) is 1. The van der Waals surface area contributed by atoms with Gasteiger partial charge in [0.15, 0.2) is 0 Å². The molecule has 0 N–H and O–H groups in total. The molecule has 3 aromatic rings. The summed E-state index contributed by atoms with van der Waals surface area (Å²) in [4.78, 5) is 2.44. The van der Waals surface area contributed by atoms with E-state index in [-0.39, 0.29) is 0 Å². The number of fused-ring (bicyclic) bond motifs is 3. The molecule has 0 amide bonds. The molecule has 0 saturated heterocycles. The summed E-state index contributed by atoms with van der Waals surface area (Å²) in [6.07, 6.45) is 3.40. The summed E-state index contributed by atoms with van der Waals surface area (Å²) in [5.41, 5.74) is 5.74. The van der Waals surface area contributed by atoms with Crippen LogP contribution in [0, 0.1) is 0 Å². The number of hydrogen-bond donors (Lipinski definition) is 0. The number of rotatable bonds is 4. The molecule has 0 bridgehead atoms. The molecule has 130 valence electrons. The van der Waals surface area contributed by atoms with E-state index in [0.717, 1.165) is 37.4 Å². The van der Waals surface area contributed by atoms with E-state index in [1.54, 1.807) is 0 Å². The Kier molecular flexibility index (Phi) is 4.58. The third-order valence-electron chi connectivity index (χ3n) is 5.59. The number of likely N-dealkylation sites (N-methyl/N-ethyl adjacent to an activating group) is 1. The van der Waals surface area contributed by atoms with Gasteiger partial charge in [-0.3, -0.25) is 4.90 Å². The Labute approximate surface area is 155 Å². The molecule has 1 aliphatic rings. The first-order valence-corrected chi connectivity index (χ1v) is 9.55. The van der Waals surface area contributed by atoms with Gasteiger partial charge < -0.3 is 4.57 Å². The van der Waals surface area contributed by atoms with E-state index in [1.165, 1.54) is 27.7 Å². The van der Waals surface area contributed by atoms with Gasteiger partial charge in [-0.2, -0.15) is 0 Å². The van der Waals surface area contributed by atoms with Crippen LogP contribution in [0.1, 0.15) is 30.2 Å². The predicted molar refractivity (Wildman–Crippen MR) is 106 cm³/mol. The Morgan fingerprint density at radius 1 is 1.12 bits per heavy atom. The lowest BCUT2D eigenvalue weighted by Crippen LogP contribution is -2.35. The molecule has 4 rings (SSSR count). The molecule has 3 heteroatoms. The van der Waals surface area contributed by atoms with Gasteiger partial charge in [-0.05, 0) is 56.1 Å². The summed E-state index contributed by atoms with van der Waals surface area (Å²) in [5.74, 6) is 0. The van der Waals surface area contributed by atoms with Crippen LogP contribution in [0.3, 0.4) is 0 Å². The third kappa shape index (κ3) is 3.21. The Morgan fingerprint density at radius 3 is 2.72 bits per heavy atom. The fraction of sp³-hybridized carbons (Fsp3) is 0.364. The molecule has 1 unspecified atom stereocenters. The first kappa shape index (κ1) is 16.7. The summed E-state index contributed by atoms with van der Waals surface area (Å²) in [6.45, 7) is 4.40. The second-order valence-electron chi connectivity index (χ2n) is 7.30. The fourth-order valence-corrected chi connectivity index (χ4v) is 4.21. The van der Waals surface area contributed by atoms with Gasteiger partial charge in [-0.25, -0.2) is 0 Å². The van der Waals surface area contributed by atoms with Crippen LogP contribution in [0.25, 0.3) is 10.9 Å². The lowest BCUT2D eigenvalue weighted by atomic mass is 10.00. The number of halogens is 1. The summed E-state index contributed by atoms with van der Waals surface area (Å²) in [7, 11) is 2.22. The molecular formula is C22H25ClN2. The van der Waals surface area contributed by atoms with Gasteiger partial charge in [0.2, 0.25) is 0 Å². The monoisotopic (exact) mass is 352 g/mol. The lowest BCUT2D eigenvalue weighted by Gasteiger charge is -2.31. The summed E-state index contributed by atoms with van der Waals surface area (Å²) in [5, 5.41) is 2.17. The van der Waals surface area contributed by atoms with Gasteiger partial charge in [0, 0.05) is 47.2 Å². The van der Waals surface area contributed by atoms with Crippen LogP contribution in [-0.2, 0) is 25.9 Å². The van der Waals surface area contributed by atoms with E-state index in [4.69, 9.17) is 11.6 Å². The SMILES string of the molecule is CC1Cc2c(c3cc(Cl)ccc3n2CCCc2ccccc2)CN1C. The maximum Gasteiger partial charge on any atom is 0.0486 e. The second kappa shape index (κ2) is 6.86. The van der Waals surface area contributed by atoms with Gasteiger partial charge in [-0.1, -0.05) is 41.9 Å². The van der Waals surface area contributed by atoms with Crippen molar-refractivity contribution >= 4 is 22.5 Å². The molecule has 0 aliphatic carbocycles. The molecule has 1 atom stereocenters. The predicted octanol–water partition coefficient (Wildman–Crippen LogP) is 5.30. The Balaban J connectivity index is 1.67. The van der Waals surface area contributed by atoms with Crippen molar-refractivity contribution in [2.24, 2.45) is 0 Å². The van der Waals surface area contributed by atoms with Crippen molar-refractivity contribution in [3.8, 4) is 0 Å².